The molecule has 0 fully saturated rings. The molecule has 0 aliphatic rings. The predicted molar refractivity (Wildman–Crippen MR) is 79.5 cm³/mol. The summed E-state index contributed by atoms with van der Waals surface area (Å²) in [5.41, 5.74) is 4.30. The molecular weight excluding hydrogens is 264 g/mol. The highest BCUT2D eigenvalue weighted by Crippen LogP contribution is 2.20. The van der Waals surface area contributed by atoms with Crippen LogP contribution in [0.1, 0.15) is 35.6 Å². The van der Waals surface area contributed by atoms with E-state index in [0.717, 1.165) is 34.9 Å². The molecule has 0 saturated carbocycles. The average Bonchev–Trinajstić information content (AvgIpc) is 3.08. The number of hydrogen-bond donors (Lipinski definition) is 0. The van der Waals surface area contributed by atoms with Gasteiger partial charge in [0.1, 0.15) is 0 Å². The Balaban J connectivity index is 1.95. The van der Waals surface area contributed by atoms with Crippen molar-refractivity contribution in [1.82, 2.24) is 19.9 Å². The number of aromatic nitrogens is 4. The molecule has 0 amide bonds. The van der Waals surface area contributed by atoms with Gasteiger partial charge in [0.05, 0.1) is 17.8 Å². The van der Waals surface area contributed by atoms with E-state index in [1.165, 1.54) is 0 Å². The highest BCUT2D eigenvalue weighted by molar-refractivity contribution is 5.37. The van der Waals surface area contributed by atoms with Crippen LogP contribution in [0.3, 0.4) is 0 Å². The molecule has 3 rings (SSSR count). The second-order valence-electron chi connectivity index (χ2n) is 5.03. The third-order valence-corrected chi connectivity index (χ3v) is 3.60. The van der Waals surface area contributed by atoms with Gasteiger partial charge in [0, 0.05) is 17.7 Å². The minimum atomic E-state index is 0.623. The van der Waals surface area contributed by atoms with Crippen molar-refractivity contribution < 1.29 is 4.52 Å². The van der Waals surface area contributed by atoms with Crippen LogP contribution in [0.2, 0.25) is 0 Å². The first kappa shape index (κ1) is 13.5. The molecule has 0 radical (unpaired) electrons. The Kier molecular flexibility index (Phi) is 3.56. The lowest BCUT2D eigenvalue weighted by Gasteiger charge is -2.04. The molecule has 5 nitrogen and oxygen atoms in total. The Morgan fingerprint density at radius 3 is 2.57 bits per heavy atom. The Morgan fingerprint density at radius 2 is 1.90 bits per heavy atom. The van der Waals surface area contributed by atoms with Gasteiger partial charge in [0.2, 0.25) is 5.89 Å². The summed E-state index contributed by atoms with van der Waals surface area (Å²) in [6, 6.07) is 10.1. The van der Waals surface area contributed by atoms with Crippen LogP contribution in [0.15, 0.2) is 34.9 Å². The van der Waals surface area contributed by atoms with Gasteiger partial charge in [-0.1, -0.05) is 30.3 Å². The third kappa shape index (κ3) is 2.59. The Hall–Kier alpha value is -2.43. The Labute approximate surface area is 123 Å². The molecule has 5 heteroatoms. The summed E-state index contributed by atoms with van der Waals surface area (Å²) in [7, 11) is 0. The molecular formula is C16H18N4O. The molecule has 3 aromatic rings. The van der Waals surface area contributed by atoms with Gasteiger partial charge in [-0.15, -0.1) is 0 Å². The number of hydrogen-bond acceptors (Lipinski definition) is 4. The van der Waals surface area contributed by atoms with E-state index in [0.29, 0.717) is 12.3 Å². The first-order chi connectivity index (χ1) is 10.2. The molecule has 108 valence electrons. The van der Waals surface area contributed by atoms with Crippen LogP contribution < -0.4 is 0 Å². The zero-order valence-corrected chi connectivity index (χ0v) is 12.5. The molecule has 0 atom stereocenters. The van der Waals surface area contributed by atoms with E-state index in [9.17, 15) is 0 Å². The van der Waals surface area contributed by atoms with Gasteiger partial charge in [-0.25, -0.2) is 4.68 Å². The zero-order chi connectivity index (χ0) is 14.8. The molecule has 21 heavy (non-hydrogen) atoms. The molecule has 0 unspecified atom stereocenters. The summed E-state index contributed by atoms with van der Waals surface area (Å²) >= 11 is 0. The van der Waals surface area contributed by atoms with Crippen LogP contribution in [-0.2, 0) is 12.8 Å². The van der Waals surface area contributed by atoms with Crippen molar-refractivity contribution >= 4 is 0 Å². The molecule has 0 bridgehead atoms. The maximum absolute atomic E-state index is 5.29. The lowest BCUT2D eigenvalue weighted by Crippen LogP contribution is -1.99. The number of nitrogens with zero attached hydrogens (tertiary/aromatic N) is 4. The van der Waals surface area contributed by atoms with Gasteiger partial charge in [-0.3, -0.25) is 0 Å². The van der Waals surface area contributed by atoms with Crippen LogP contribution in [0.4, 0.5) is 0 Å². The van der Waals surface area contributed by atoms with Crippen molar-refractivity contribution in [2.45, 2.75) is 33.6 Å². The number of benzene rings is 1. The fourth-order valence-corrected chi connectivity index (χ4v) is 2.41. The number of para-hydroxylation sites is 1. The van der Waals surface area contributed by atoms with Crippen molar-refractivity contribution in [2.75, 3.05) is 0 Å². The van der Waals surface area contributed by atoms with E-state index in [2.05, 4.69) is 22.2 Å². The van der Waals surface area contributed by atoms with Gasteiger partial charge < -0.3 is 4.52 Å². The van der Waals surface area contributed by atoms with E-state index in [1.807, 2.05) is 48.9 Å². The normalized spacial score (nSPS) is 11.0. The third-order valence-electron chi connectivity index (χ3n) is 3.60. The van der Waals surface area contributed by atoms with Crippen molar-refractivity contribution in [3.8, 4) is 5.69 Å². The fourth-order valence-electron chi connectivity index (χ4n) is 2.41. The monoisotopic (exact) mass is 282 g/mol. The van der Waals surface area contributed by atoms with Gasteiger partial charge >= 0.3 is 0 Å². The highest BCUT2D eigenvalue weighted by atomic mass is 16.5. The van der Waals surface area contributed by atoms with Gasteiger partial charge in [0.25, 0.3) is 0 Å². The highest BCUT2D eigenvalue weighted by Gasteiger charge is 2.16. The van der Waals surface area contributed by atoms with Crippen molar-refractivity contribution in [1.29, 1.82) is 0 Å². The van der Waals surface area contributed by atoms with Crippen LogP contribution >= 0.6 is 0 Å². The first-order valence-electron chi connectivity index (χ1n) is 7.11. The maximum Gasteiger partial charge on any atom is 0.231 e. The van der Waals surface area contributed by atoms with Gasteiger partial charge in [-0.2, -0.15) is 10.1 Å². The van der Waals surface area contributed by atoms with E-state index in [4.69, 9.17) is 4.52 Å². The summed E-state index contributed by atoms with van der Waals surface area (Å²) in [5.74, 6) is 1.39. The Bertz CT molecular complexity index is 743. The molecule has 1 aromatic carbocycles. The molecule has 0 N–H and O–H groups in total. The van der Waals surface area contributed by atoms with Crippen molar-refractivity contribution in [3.63, 3.8) is 0 Å². The van der Waals surface area contributed by atoms with E-state index < -0.39 is 0 Å². The molecule has 0 aliphatic carbocycles. The SMILES string of the molecule is CCc1noc(Cc2c(C)nn(-c3ccccc3)c2C)n1. The Morgan fingerprint density at radius 1 is 1.14 bits per heavy atom. The number of aryl methyl sites for hydroxylation is 2. The lowest BCUT2D eigenvalue weighted by atomic mass is 10.1. The topological polar surface area (TPSA) is 56.7 Å². The quantitative estimate of drug-likeness (QED) is 0.738. The summed E-state index contributed by atoms with van der Waals surface area (Å²) in [4.78, 5) is 4.37. The molecule has 0 spiro atoms. The second-order valence-corrected chi connectivity index (χ2v) is 5.03. The van der Waals surface area contributed by atoms with Gasteiger partial charge in [0.15, 0.2) is 5.82 Å². The van der Waals surface area contributed by atoms with Crippen LogP contribution in [0.25, 0.3) is 5.69 Å². The molecule has 2 aromatic heterocycles. The standard InChI is InChI=1S/C16H18N4O/c1-4-15-17-16(21-19-15)10-14-11(2)18-20(12(14)3)13-8-6-5-7-9-13/h5-9H,4,10H2,1-3H3. The summed E-state index contributed by atoms with van der Waals surface area (Å²) in [6.07, 6.45) is 1.41. The van der Waals surface area contributed by atoms with Crippen LogP contribution in [-0.4, -0.2) is 19.9 Å². The smallest absolute Gasteiger partial charge is 0.231 e. The van der Waals surface area contributed by atoms with Crippen LogP contribution in [0, 0.1) is 13.8 Å². The largest absolute Gasteiger partial charge is 0.339 e. The maximum atomic E-state index is 5.29. The van der Waals surface area contributed by atoms with Crippen LogP contribution in [0.5, 0.6) is 0 Å². The average molecular weight is 282 g/mol. The summed E-state index contributed by atoms with van der Waals surface area (Å²) < 4.78 is 7.25. The first-order valence-corrected chi connectivity index (χ1v) is 7.11. The fraction of sp³-hybridized carbons (Fsp3) is 0.312. The van der Waals surface area contributed by atoms with E-state index >= 15 is 0 Å². The van der Waals surface area contributed by atoms with E-state index in [-0.39, 0.29) is 0 Å². The van der Waals surface area contributed by atoms with Gasteiger partial charge in [-0.05, 0) is 26.0 Å². The second kappa shape index (κ2) is 5.52. The van der Waals surface area contributed by atoms with Crippen molar-refractivity contribution in [3.05, 3.63) is 59.0 Å². The van der Waals surface area contributed by atoms with E-state index in [1.54, 1.807) is 0 Å². The summed E-state index contributed by atoms with van der Waals surface area (Å²) in [5, 5.41) is 8.57. The minimum Gasteiger partial charge on any atom is -0.339 e. The number of rotatable bonds is 4. The summed E-state index contributed by atoms with van der Waals surface area (Å²) in [6.45, 7) is 6.09. The zero-order valence-electron chi connectivity index (χ0n) is 12.5. The predicted octanol–water partition coefficient (Wildman–Crippen LogP) is 3.03. The van der Waals surface area contributed by atoms with Crippen molar-refractivity contribution in [2.24, 2.45) is 0 Å². The molecule has 2 heterocycles. The minimum absolute atomic E-state index is 0.623. The lowest BCUT2D eigenvalue weighted by molar-refractivity contribution is 0.379. The molecule has 0 saturated heterocycles. The molecule has 0 aliphatic heterocycles.